The minimum atomic E-state index is -0.433. The zero-order valence-electron chi connectivity index (χ0n) is 22.9. The molecule has 0 radical (unpaired) electrons. The van der Waals surface area contributed by atoms with Crippen LogP contribution in [0.5, 0.6) is 5.75 Å². The number of benzene rings is 6. The van der Waals surface area contributed by atoms with Crippen LogP contribution in [0.2, 0.25) is 0 Å². The molecule has 0 unspecified atom stereocenters. The van der Waals surface area contributed by atoms with Crippen LogP contribution in [0.3, 0.4) is 0 Å². The Morgan fingerprint density at radius 3 is 1.79 bits per heavy atom. The lowest BCUT2D eigenvalue weighted by molar-refractivity contribution is 0.133. The molecule has 0 saturated heterocycles. The highest BCUT2D eigenvalue weighted by Crippen LogP contribution is 2.52. The van der Waals surface area contributed by atoms with E-state index in [0.717, 1.165) is 60.1 Å². The van der Waals surface area contributed by atoms with Gasteiger partial charge in [-0.15, -0.1) is 0 Å². The number of aryl methyl sites for hydroxylation is 3. The fourth-order valence-electron chi connectivity index (χ4n) is 6.84. The number of rotatable bonds is 2. The molecule has 0 amide bonds. The van der Waals surface area contributed by atoms with Gasteiger partial charge in [-0.1, -0.05) is 24.3 Å². The van der Waals surface area contributed by atoms with Crippen molar-refractivity contribution in [2.24, 2.45) is 0 Å². The summed E-state index contributed by atoms with van der Waals surface area (Å²) in [6.07, 6.45) is 0. The van der Waals surface area contributed by atoms with Crippen molar-refractivity contribution in [1.82, 2.24) is 4.57 Å². The van der Waals surface area contributed by atoms with Crippen LogP contribution >= 0.6 is 0 Å². The first kappa shape index (κ1) is 22.5. The maximum Gasteiger partial charge on any atom is 0.266 e. The van der Waals surface area contributed by atoms with Gasteiger partial charge in [-0.2, -0.15) is 0 Å². The third kappa shape index (κ3) is 2.69. The SMILES string of the molecule is Cc1ccc(-n2c(=O)c3c4cc(C)c5ccc6ccc7c(OC(C)(C)C)cc(c3c2=O)c2c7c6c5c42)cc1C. The summed E-state index contributed by atoms with van der Waals surface area (Å²) in [5, 5.41) is 11.6. The van der Waals surface area contributed by atoms with E-state index in [0.29, 0.717) is 16.5 Å². The summed E-state index contributed by atoms with van der Waals surface area (Å²) in [5.41, 5.74) is 2.90. The Morgan fingerprint density at radius 2 is 1.15 bits per heavy atom. The van der Waals surface area contributed by atoms with Gasteiger partial charge in [-0.3, -0.25) is 9.59 Å². The molecule has 0 aliphatic heterocycles. The van der Waals surface area contributed by atoms with Crippen molar-refractivity contribution in [3.63, 3.8) is 0 Å². The standard InChI is InChI=1S/C35H27NO3/c1-16-7-10-20(13-17(16)2)36-33(37)31-23-14-18(3)21-11-8-19-9-12-22-25(39-35(4,5)6)15-24(32(31)34(36)38)30-28(22)26(19)27(21)29(23)30/h7-15H,1-6H3. The molecule has 0 aliphatic rings. The normalized spacial score (nSPS) is 13.1. The van der Waals surface area contributed by atoms with Crippen LogP contribution in [-0.2, 0) is 0 Å². The predicted octanol–water partition coefficient (Wildman–Crippen LogP) is 7.97. The molecule has 0 fully saturated rings. The first-order valence-electron chi connectivity index (χ1n) is 13.5. The van der Waals surface area contributed by atoms with E-state index < -0.39 is 5.60 Å². The Morgan fingerprint density at radius 1 is 0.564 bits per heavy atom. The molecule has 0 saturated carbocycles. The summed E-state index contributed by atoms with van der Waals surface area (Å²) in [7, 11) is 0. The summed E-state index contributed by atoms with van der Waals surface area (Å²) < 4.78 is 7.89. The zero-order valence-corrected chi connectivity index (χ0v) is 22.9. The average molecular weight is 510 g/mol. The number of nitrogens with zero attached hydrogens (tertiary/aromatic N) is 1. The molecular weight excluding hydrogens is 482 g/mol. The number of hydrogen-bond donors (Lipinski definition) is 0. The predicted molar refractivity (Wildman–Crippen MR) is 163 cm³/mol. The van der Waals surface area contributed by atoms with Crippen molar-refractivity contribution in [1.29, 1.82) is 0 Å². The molecule has 190 valence electrons. The van der Waals surface area contributed by atoms with Gasteiger partial charge in [0.1, 0.15) is 11.4 Å². The molecule has 4 heteroatoms. The van der Waals surface area contributed by atoms with Crippen LogP contribution in [0.1, 0.15) is 37.5 Å². The van der Waals surface area contributed by atoms with Gasteiger partial charge in [-0.25, -0.2) is 4.57 Å². The molecule has 7 aromatic carbocycles. The van der Waals surface area contributed by atoms with Gasteiger partial charge in [0.2, 0.25) is 0 Å². The van der Waals surface area contributed by atoms with E-state index in [4.69, 9.17) is 4.74 Å². The van der Waals surface area contributed by atoms with Crippen molar-refractivity contribution >= 4 is 64.6 Å². The molecule has 8 aromatic rings. The van der Waals surface area contributed by atoms with Gasteiger partial charge < -0.3 is 4.74 Å². The first-order valence-corrected chi connectivity index (χ1v) is 13.5. The lowest BCUT2D eigenvalue weighted by atomic mass is 9.93. The fraction of sp³-hybridized carbons (Fsp3) is 0.200. The molecule has 4 nitrogen and oxygen atoms in total. The van der Waals surface area contributed by atoms with Crippen molar-refractivity contribution in [2.75, 3.05) is 0 Å². The Bertz CT molecular complexity index is 2410. The Labute approximate surface area is 224 Å². The summed E-state index contributed by atoms with van der Waals surface area (Å²) in [6, 6.07) is 18.5. The second kappa shape index (κ2) is 6.95. The van der Waals surface area contributed by atoms with Gasteiger partial charge in [0, 0.05) is 16.2 Å². The van der Waals surface area contributed by atoms with Crippen molar-refractivity contribution in [2.45, 2.75) is 47.1 Å². The van der Waals surface area contributed by atoms with Crippen LogP contribution in [0.25, 0.3) is 70.3 Å². The van der Waals surface area contributed by atoms with Crippen LogP contribution in [-0.4, -0.2) is 10.2 Å². The summed E-state index contributed by atoms with van der Waals surface area (Å²) in [5.74, 6) is 0.736. The zero-order chi connectivity index (χ0) is 27.1. The average Bonchev–Trinajstić information content (AvgIpc) is 3.36. The van der Waals surface area contributed by atoms with Crippen LogP contribution in [0, 0.1) is 20.8 Å². The first-order chi connectivity index (χ1) is 18.5. The second-order valence-corrected chi connectivity index (χ2v) is 12.2. The van der Waals surface area contributed by atoms with Crippen LogP contribution in [0.4, 0.5) is 0 Å². The molecule has 0 N–H and O–H groups in total. The fourth-order valence-corrected chi connectivity index (χ4v) is 6.84. The monoisotopic (exact) mass is 509 g/mol. The maximum absolute atomic E-state index is 14.3. The number of fused-ring (bicyclic) bond motifs is 3. The van der Waals surface area contributed by atoms with Gasteiger partial charge in [0.15, 0.2) is 0 Å². The van der Waals surface area contributed by atoms with E-state index in [1.165, 1.54) is 20.7 Å². The molecule has 1 aromatic heterocycles. The van der Waals surface area contributed by atoms with Gasteiger partial charge in [-0.05, 0) is 126 Å². The second-order valence-electron chi connectivity index (χ2n) is 12.2. The molecule has 1 heterocycles. The van der Waals surface area contributed by atoms with Gasteiger partial charge in [0.05, 0.1) is 16.5 Å². The minimum Gasteiger partial charge on any atom is -0.487 e. The van der Waals surface area contributed by atoms with Crippen LogP contribution < -0.4 is 15.9 Å². The molecular formula is C35H27NO3. The van der Waals surface area contributed by atoms with E-state index >= 15 is 0 Å². The highest BCUT2D eigenvalue weighted by Gasteiger charge is 2.29. The molecule has 8 rings (SSSR count). The summed E-state index contributed by atoms with van der Waals surface area (Å²) in [6.45, 7) is 12.2. The van der Waals surface area contributed by atoms with Crippen molar-refractivity contribution in [3.05, 3.63) is 92.0 Å². The van der Waals surface area contributed by atoms with E-state index in [1.54, 1.807) is 0 Å². The number of hydrogen-bond acceptors (Lipinski definition) is 3. The van der Waals surface area contributed by atoms with E-state index in [1.807, 2.05) is 58.9 Å². The number of ether oxygens (including phenoxy) is 1. The summed E-state index contributed by atoms with van der Waals surface area (Å²) in [4.78, 5) is 28.5. The molecule has 39 heavy (non-hydrogen) atoms. The minimum absolute atomic E-state index is 0.263. The largest absolute Gasteiger partial charge is 0.487 e. The van der Waals surface area contributed by atoms with Crippen LogP contribution in [0.15, 0.2) is 64.2 Å². The van der Waals surface area contributed by atoms with E-state index in [2.05, 4.69) is 37.3 Å². The Kier molecular flexibility index (Phi) is 4.01. The van der Waals surface area contributed by atoms with Gasteiger partial charge in [0.25, 0.3) is 11.1 Å². The maximum atomic E-state index is 14.3. The quantitative estimate of drug-likeness (QED) is 0.222. The third-order valence-corrected chi connectivity index (χ3v) is 8.59. The van der Waals surface area contributed by atoms with E-state index in [9.17, 15) is 9.59 Å². The lowest BCUT2D eigenvalue weighted by Crippen LogP contribution is -2.23. The smallest absolute Gasteiger partial charge is 0.266 e. The molecule has 0 aliphatic carbocycles. The highest BCUT2D eigenvalue weighted by molar-refractivity contribution is 6.48. The Hall–Kier alpha value is -4.44. The number of aromatic nitrogens is 1. The molecule has 0 bridgehead atoms. The molecule has 0 atom stereocenters. The van der Waals surface area contributed by atoms with Gasteiger partial charge >= 0.3 is 0 Å². The molecule has 0 spiro atoms. The highest BCUT2D eigenvalue weighted by atomic mass is 16.5. The topological polar surface area (TPSA) is 48.3 Å². The lowest BCUT2D eigenvalue weighted by Gasteiger charge is -2.23. The van der Waals surface area contributed by atoms with Crippen molar-refractivity contribution < 1.29 is 4.74 Å². The Balaban J connectivity index is 1.70. The summed E-state index contributed by atoms with van der Waals surface area (Å²) >= 11 is 0. The van der Waals surface area contributed by atoms with Crippen molar-refractivity contribution in [3.8, 4) is 11.4 Å². The van der Waals surface area contributed by atoms with E-state index in [-0.39, 0.29) is 11.1 Å². The third-order valence-electron chi connectivity index (χ3n) is 8.59.